The number of aromatic nitrogens is 4. The van der Waals surface area contributed by atoms with Gasteiger partial charge in [-0.05, 0) is 93.4 Å². The monoisotopic (exact) mass is 495 g/mol. The van der Waals surface area contributed by atoms with Crippen molar-refractivity contribution in [1.82, 2.24) is 20.0 Å². The maximum absolute atomic E-state index is 12.9. The molecule has 2 N–H and O–H groups in total. The second-order valence-corrected chi connectivity index (χ2v) is 9.48. The van der Waals surface area contributed by atoms with Gasteiger partial charge in [0.15, 0.2) is 11.6 Å². The molecule has 4 aromatic rings. The van der Waals surface area contributed by atoms with Crippen LogP contribution in [0.1, 0.15) is 28.9 Å². The minimum atomic E-state index is -0.400. The highest BCUT2D eigenvalue weighted by Gasteiger charge is 2.35. The summed E-state index contributed by atoms with van der Waals surface area (Å²) in [6.07, 6.45) is 0.199. The number of aryl methyl sites for hydroxylation is 4. The Morgan fingerprint density at radius 1 is 0.892 bits per heavy atom. The molecule has 188 valence electrons. The number of hydrogen-bond acceptors (Lipinski definition) is 6. The molecule has 1 aliphatic heterocycles. The summed E-state index contributed by atoms with van der Waals surface area (Å²) in [5.74, 6) is 0.649. The van der Waals surface area contributed by atoms with Gasteiger partial charge in [-0.3, -0.25) is 9.59 Å². The lowest BCUT2D eigenvalue weighted by molar-refractivity contribution is -0.122. The van der Waals surface area contributed by atoms with Crippen molar-refractivity contribution in [2.75, 3.05) is 22.1 Å². The molecule has 1 fully saturated rings. The van der Waals surface area contributed by atoms with Crippen LogP contribution in [0.2, 0.25) is 0 Å². The molecular formula is C28H29N7O2. The first-order valence-electron chi connectivity index (χ1n) is 12.2. The van der Waals surface area contributed by atoms with Crippen molar-refractivity contribution >= 4 is 34.7 Å². The van der Waals surface area contributed by atoms with Crippen LogP contribution in [-0.4, -0.2) is 38.3 Å². The number of anilines is 4. The molecule has 1 aliphatic rings. The summed E-state index contributed by atoms with van der Waals surface area (Å²) in [6.45, 7) is 8.34. The van der Waals surface area contributed by atoms with E-state index in [2.05, 4.69) is 25.9 Å². The summed E-state index contributed by atoms with van der Waals surface area (Å²) in [7, 11) is 0. The second-order valence-electron chi connectivity index (χ2n) is 9.48. The molecule has 9 nitrogen and oxygen atoms in total. The van der Waals surface area contributed by atoms with Gasteiger partial charge in [0.1, 0.15) is 0 Å². The molecule has 1 atom stereocenters. The first kappa shape index (κ1) is 24.2. The first-order valence-corrected chi connectivity index (χ1v) is 12.2. The van der Waals surface area contributed by atoms with Crippen LogP contribution in [0.15, 0.2) is 60.7 Å². The number of carbonyl (C=O) groups is 2. The van der Waals surface area contributed by atoms with Crippen molar-refractivity contribution in [2.24, 2.45) is 5.92 Å². The molecule has 2 amide bonds. The molecule has 1 unspecified atom stereocenters. The van der Waals surface area contributed by atoms with Crippen molar-refractivity contribution in [3.63, 3.8) is 0 Å². The molecule has 1 saturated heterocycles. The highest BCUT2D eigenvalue weighted by Crippen LogP contribution is 2.28. The molecule has 2 aromatic carbocycles. The summed E-state index contributed by atoms with van der Waals surface area (Å²) in [5.41, 5.74) is 6.52. The lowest BCUT2D eigenvalue weighted by Crippen LogP contribution is -2.28. The van der Waals surface area contributed by atoms with Gasteiger partial charge in [0.25, 0.3) is 0 Å². The number of nitrogens with zero attached hydrogens (tertiary/aromatic N) is 5. The first-order chi connectivity index (χ1) is 17.8. The molecule has 3 heterocycles. The standard InChI is InChI=1S/C28H29N7O2/c1-17-5-10-24(13-18(17)2)34-16-21(15-27(34)36)28(37)30-23-8-6-22(7-9-23)29-25-11-12-26(32-31-25)35-20(4)14-19(3)33-35/h5-14,21H,15-16H2,1-4H3,(H,29,31)(H,30,37). The van der Waals surface area contributed by atoms with Crippen LogP contribution < -0.4 is 15.5 Å². The van der Waals surface area contributed by atoms with Crippen LogP contribution in [0.25, 0.3) is 5.82 Å². The van der Waals surface area contributed by atoms with Gasteiger partial charge < -0.3 is 15.5 Å². The quantitative estimate of drug-likeness (QED) is 0.404. The van der Waals surface area contributed by atoms with Gasteiger partial charge >= 0.3 is 0 Å². The Balaban J connectivity index is 1.18. The van der Waals surface area contributed by atoms with Crippen LogP contribution in [0, 0.1) is 33.6 Å². The SMILES string of the molecule is Cc1cc(C)n(-c2ccc(Nc3ccc(NC(=O)C4CC(=O)N(c5ccc(C)c(C)c5)C4)cc3)nn2)n1. The van der Waals surface area contributed by atoms with Gasteiger partial charge in [-0.25, -0.2) is 4.68 Å². The van der Waals surface area contributed by atoms with Crippen molar-refractivity contribution < 1.29 is 9.59 Å². The summed E-state index contributed by atoms with van der Waals surface area (Å²) in [6, 6.07) is 19.0. The largest absolute Gasteiger partial charge is 0.339 e. The van der Waals surface area contributed by atoms with Gasteiger partial charge in [-0.1, -0.05) is 6.07 Å². The third-order valence-electron chi connectivity index (χ3n) is 6.60. The molecule has 0 bridgehead atoms. The highest BCUT2D eigenvalue weighted by atomic mass is 16.2. The lowest BCUT2D eigenvalue weighted by Gasteiger charge is -2.18. The average Bonchev–Trinajstić information content (AvgIpc) is 3.43. The van der Waals surface area contributed by atoms with E-state index in [1.165, 1.54) is 5.56 Å². The zero-order chi connectivity index (χ0) is 26.1. The van der Waals surface area contributed by atoms with Crippen molar-refractivity contribution in [1.29, 1.82) is 0 Å². The summed E-state index contributed by atoms with van der Waals surface area (Å²) in [4.78, 5) is 27.2. The molecular weight excluding hydrogens is 466 g/mol. The fraction of sp³-hybridized carbons (Fsp3) is 0.250. The fourth-order valence-corrected chi connectivity index (χ4v) is 4.42. The number of rotatable bonds is 6. The van der Waals surface area contributed by atoms with Crippen LogP contribution in [0.4, 0.5) is 22.9 Å². The Morgan fingerprint density at radius 3 is 2.30 bits per heavy atom. The summed E-state index contributed by atoms with van der Waals surface area (Å²) < 4.78 is 1.75. The Labute approximate surface area is 215 Å². The van der Waals surface area contributed by atoms with E-state index in [0.717, 1.165) is 28.3 Å². The molecule has 9 heteroatoms. The van der Waals surface area contributed by atoms with Gasteiger partial charge in [0.05, 0.1) is 11.6 Å². The van der Waals surface area contributed by atoms with Crippen molar-refractivity contribution in [3.05, 3.63) is 83.2 Å². The topological polar surface area (TPSA) is 105 Å². The minimum absolute atomic E-state index is 0.0343. The Hall–Kier alpha value is -4.53. The highest BCUT2D eigenvalue weighted by molar-refractivity contribution is 6.03. The van der Waals surface area contributed by atoms with E-state index in [1.54, 1.807) is 9.58 Å². The summed E-state index contributed by atoms with van der Waals surface area (Å²) >= 11 is 0. The average molecular weight is 496 g/mol. The summed E-state index contributed by atoms with van der Waals surface area (Å²) in [5, 5.41) is 19.1. The molecule has 2 aromatic heterocycles. The molecule has 37 heavy (non-hydrogen) atoms. The van der Waals surface area contributed by atoms with Crippen LogP contribution in [0.3, 0.4) is 0 Å². The van der Waals surface area contributed by atoms with E-state index in [-0.39, 0.29) is 18.2 Å². The van der Waals surface area contributed by atoms with E-state index >= 15 is 0 Å². The zero-order valence-electron chi connectivity index (χ0n) is 21.3. The van der Waals surface area contributed by atoms with Crippen molar-refractivity contribution in [2.45, 2.75) is 34.1 Å². The molecule has 5 rings (SSSR count). The van der Waals surface area contributed by atoms with Gasteiger partial charge in [0.2, 0.25) is 11.8 Å². The van der Waals surface area contributed by atoms with E-state index in [9.17, 15) is 9.59 Å². The van der Waals surface area contributed by atoms with E-state index in [4.69, 9.17) is 0 Å². The number of benzene rings is 2. The molecule has 0 aliphatic carbocycles. The van der Waals surface area contributed by atoms with E-state index in [1.807, 2.05) is 88.4 Å². The number of amides is 2. The second kappa shape index (κ2) is 9.85. The smallest absolute Gasteiger partial charge is 0.229 e. The number of hydrogen-bond donors (Lipinski definition) is 2. The Bertz CT molecular complexity index is 1460. The van der Waals surface area contributed by atoms with Crippen LogP contribution in [0.5, 0.6) is 0 Å². The normalized spacial score (nSPS) is 15.2. The number of nitrogens with one attached hydrogen (secondary N) is 2. The number of carbonyl (C=O) groups excluding carboxylic acids is 2. The predicted octanol–water partition coefficient (Wildman–Crippen LogP) is 4.63. The lowest BCUT2D eigenvalue weighted by atomic mass is 10.1. The van der Waals surface area contributed by atoms with Gasteiger partial charge in [0, 0.05) is 35.7 Å². The Morgan fingerprint density at radius 2 is 1.65 bits per heavy atom. The Kier molecular flexibility index (Phi) is 6.43. The minimum Gasteiger partial charge on any atom is -0.339 e. The third-order valence-corrected chi connectivity index (χ3v) is 6.60. The fourth-order valence-electron chi connectivity index (χ4n) is 4.42. The van der Waals surface area contributed by atoms with E-state index < -0.39 is 5.92 Å². The molecule has 0 spiro atoms. The molecule has 0 radical (unpaired) electrons. The zero-order valence-corrected chi connectivity index (χ0v) is 21.3. The molecule has 0 saturated carbocycles. The third kappa shape index (κ3) is 5.20. The van der Waals surface area contributed by atoms with Crippen LogP contribution in [-0.2, 0) is 9.59 Å². The maximum Gasteiger partial charge on any atom is 0.229 e. The van der Waals surface area contributed by atoms with Gasteiger partial charge in [-0.2, -0.15) is 5.10 Å². The van der Waals surface area contributed by atoms with Crippen LogP contribution >= 0.6 is 0 Å². The van der Waals surface area contributed by atoms with Gasteiger partial charge in [-0.15, -0.1) is 10.2 Å². The maximum atomic E-state index is 12.9. The van der Waals surface area contributed by atoms with Crippen molar-refractivity contribution in [3.8, 4) is 5.82 Å². The van der Waals surface area contributed by atoms with E-state index in [0.29, 0.717) is 23.9 Å². The predicted molar refractivity (Wildman–Crippen MR) is 143 cm³/mol.